The number of hydroxylamine groups is 1. The van der Waals surface area contributed by atoms with E-state index in [4.69, 9.17) is 10.6 Å². The first-order valence-electron chi connectivity index (χ1n) is 14.4. The molecule has 4 aliphatic carbocycles. The predicted molar refractivity (Wildman–Crippen MR) is 163 cm³/mol. The molecular weight excluding hydrogens is 640 g/mol. The molecule has 2 amide bonds. The summed E-state index contributed by atoms with van der Waals surface area (Å²) in [5.41, 5.74) is 4.53. The quantitative estimate of drug-likeness (QED) is 0.119. The normalized spacial score (nSPS) is 30.1. The third kappa shape index (κ3) is 5.21. The van der Waals surface area contributed by atoms with Crippen molar-refractivity contribution < 1.29 is 44.4 Å². The zero-order valence-electron chi connectivity index (χ0n) is 24.9. The second kappa shape index (κ2) is 12.2. The van der Waals surface area contributed by atoms with Crippen LogP contribution in [0.4, 0.5) is 5.69 Å². The van der Waals surface area contributed by atoms with Crippen molar-refractivity contribution >= 4 is 46.0 Å². The van der Waals surface area contributed by atoms with E-state index in [1.165, 1.54) is 11.0 Å². The summed E-state index contributed by atoms with van der Waals surface area (Å²) in [6.07, 6.45) is 2.34. The van der Waals surface area contributed by atoms with Crippen LogP contribution >= 0.6 is 17.0 Å². The Morgan fingerprint density at radius 2 is 1.82 bits per heavy atom. The molecule has 1 saturated carbocycles. The minimum Gasteiger partial charge on any atom is -0.510 e. The fourth-order valence-electron chi connectivity index (χ4n) is 6.97. The van der Waals surface area contributed by atoms with Crippen LogP contribution in [0.5, 0.6) is 5.75 Å². The number of nitrogens with zero attached hydrogens (tertiary/aromatic N) is 1. The number of primary amides is 1. The number of phenols is 1. The molecule has 3 unspecified atom stereocenters. The topological polar surface area (TPSA) is 212 Å². The van der Waals surface area contributed by atoms with Gasteiger partial charge in [0.15, 0.2) is 17.1 Å². The molecule has 4 aliphatic rings. The number of likely N-dealkylation sites (N-methyl/N-ethyl adjacent to an activating group) is 1. The van der Waals surface area contributed by atoms with E-state index in [2.05, 4.69) is 17.7 Å². The molecular formula is C30H39BrN4O9. The molecule has 0 spiro atoms. The number of benzene rings is 1. The molecule has 0 bridgehead atoms. The largest absolute Gasteiger partial charge is 0.510 e. The maximum absolute atomic E-state index is 13.9. The first-order chi connectivity index (χ1) is 20.2. The smallest absolute Gasteiger partial charge is 0.255 e. The summed E-state index contributed by atoms with van der Waals surface area (Å²) in [6.45, 7) is 3.91. The van der Waals surface area contributed by atoms with Crippen molar-refractivity contribution in [2.45, 2.75) is 69.7 Å². The van der Waals surface area contributed by atoms with E-state index in [0.29, 0.717) is 17.9 Å². The Kier molecular flexibility index (Phi) is 9.34. The number of aromatic hydroxyl groups is 1. The zero-order valence-corrected chi connectivity index (χ0v) is 26.6. The summed E-state index contributed by atoms with van der Waals surface area (Å²) >= 11 is 0. The number of aliphatic hydroxyl groups excluding tert-OH is 2. The number of hydrogen-bond donors (Lipinski definition) is 7. The number of phenolic OH excluding ortho intramolecular Hbond substituents is 1. The minimum atomic E-state index is -2.72. The van der Waals surface area contributed by atoms with Crippen LogP contribution in [0.1, 0.15) is 55.5 Å². The van der Waals surface area contributed by atoms with E-state index in [-0.39, 0.29) is 52.8 Å². The van der Waals surface area contributed by atoms with Gasteiger partial charge in [0.1, 0.15) is 23.1 Å². The first-order valence-corrected chi connectivity index (χ1v) is 14.4. The molecule has 5 rings (SSSR count). The third-order valence-electron chi connectivity index (χ3n) is 9.29. The lowest BCUT2D eigenvalue weighted by Gasteiger charge is -2.50. The summed E-state index contributed by atoms with van der Waals surface area (Å²) in [7, 11) is 3.14. The highest BCUT2D eigenvalue weighted by Gasteiger charge is 2.63. The molecule has 14 heteroatoms. The minimum absolute atomic E-state index is 0. The molecule has 0 saturated heterocycles. The number of allylic oxidation sites excluding steroid dienone is 1. The van der Waals surface area contributed by atoms with Gasteiger partial charge in [-0.25, -0.2) is 0 Å². The van der Waals surface area contributed by atoms with Crippen LogP contribution in [-0.2, 0) is 25.6 Å². The number of ketones is 2. The fraction of sp³-hybridized carbons (Fsp3) is 0.533. The number of halogens is 1. The molecule has 1 aromatic rings. The van der Waals surface area contributed by atoms with Crippen LogP contribution in [0.2, 0.25) is 0 Å². The molecule has 0 radical (unpaired) electrons. The first kappa shape index (κ1) is 33.6. The van der Waals surface area contributed by atoms with E-state index in [1.807, 2.05) is 0 Å². The van der Waals surface area contributed by atoms with Gasteiger partial charge in [-0.1, -0.05) is 19.9 Å². The number of anilines is 1. The number of nitrogens with one attached hydrogen (secondary N) is 2. The molecule has 8 N–H and O–H groups in total. The Bertz CT molecular complexity index is 1470. The van der Waals surface area contributed by atoms with E-state index in [1.54, 1.807) is 27.1 Å². The number of rotatable bonds is 8. The van der Waals surface area contributed by atoms with Crippen molar-refractivity contribution in [3.63, 3.8) is 0 Å². The Hall–Kier alpha value is -3.30. The summed E-state index contributed by atoms with van der Waals surface area (Å²) < 4.78 is 0. The summed E-state index contributed by atoms with van der Waals surface area (Å²) in [5.74, 6) is -7.21. The Morgan fingerprint density at radius 3 is 2.39 bits per heavy atom. The Labute approximate surface area is 264 Å². The molecule has 0 aliphatic heterocycles. The highest BCUT2D eigenvalue weighted by atomic mass is 79.9. The molecule has 1 fully saturated rings. The number of aliphatic hydroxyl groups is 3. The fourth-order valence-corrected chi connectivity index (χ4v) is 6.97. The second-order valence-corrected chi connectivity index (χ2v) is 12.3. The van der Waals surface area contributed by atoms with Crippen molar-refractivity contribution in [3.05, 3.63) is 45.9 Å². The van der Waals surface area contributed by atoms with Gasteiger partial charge in [0.05, 0.1) is 23.4 Å². The Morgan fingerprint density at radius 1 is 1.16 bits per heavy atom. The molecule has 13 nitrogen and oxygen atoms in total. The monoisotopic (exact) mass is 678 g/mol. The van der Waals surface area contributed by atoms with Gasteiger partial charge in [-0.3, -0.25) is 28.9 Å². The van der Waals surface area contributed by atoms with Gasteiger partial charge in [0, 0.05) is 11.5 Å². The van der Waals surface area contributed by atoms with Crippen molar-refractivity contribution in [2.75, 3.05) is 19.4 Å². The molecule has 5 atom stereocenters. The van der Waals surface area contributed by atoms with E-state index < -0.39 is 75.7 Å². The number of hydrogen-bond acceptors (Lipinski definition) is 11. The van der Waals surface area contributed by atoms with Crippen LogP contribution in [0.25, 0.3) is 0 Å². The number of nitrogens with two attached hydrogens (primary N) is 1. The van der Waals surface area contributed by atoms with Crippen molar-refractivity contribution in [2.24, 2.45) is 23.5 Å². The van der Waals surface area contributed by atoms with E-state index >= 15 is 0 Å². The van der Waals surface area contributed by atoms with Gasteiger partial charge in [0.25, 0.3) is 5.91 Å². The van der Waals surface area contributed by atoms with Gasteiger partial charge < -0.3 is 31.5 Å². The standard InChI is InChI=1S/C30H38N4O9.BrH/c1-5-17(33-43-15-8-12(2)9-15)29(41)32-18-7-6-13-10-14-11-16-22(34(3)4)25(37)21(28(31)40)27(39)30(16,42)26(38)20(14)24(36)19(13)23(18)35;/h6-7,12,14-17,22,33,35,37-38,42H,5,8-11H2,1-4H3,(H2,31,40)(H,32,41);1H/t12?,14?,15?,16?,17?,22-,30-;/m0./s1. The Balaban J connectivity index is 0.00000442. The maximum atomic E-state index is 13.9. The average Bonchev–Trinajstić information content (AvgIpc) is 2.91. The number of carbonyl (C=O) groups excluding carboxylic acids is 4. The van der Waals surface area contributed by atoms with Crippen LogP contribution in [0, 0.1) is 17.8 Å². The lowest BCUT2D eigenvalue weighted by Crippen LogP contribution is -2.63. The number of amides is 2. The van der Waals surface area contributed by atoms with Crippen LogP contribution < -0.4 is 16.5 Å². The maximum Gasteiger partial charge on any atom is 0.255 e. The summed E-state index contributed by atoms with van der Waals surface area (Å²) in [4.78, 5) is 59.5. The lowest BCUT2D eigenvalue weighted by molar-refractivity contribution is -0.148. The number of fused-ring (bicyclic) bond motifs is 3. The van der Waals surface area contributed by atoms with Crippen molar-refractivity contribution in [1.29, 1.82) is 0 Å². The van der Waals surface area contributed by atoms with E-state index in [0.717, 1.165) is 12.8 Å². The summed E-state index contributed by atoms with van der Waals surface area (Å²) in [5, 5.41) is 47.7. The van der Waals surface area contributed by atoms with Crippen LogP contribution in [-0.4, -0.2) is 86.6 Å². The predicted octanol–water partition coefficient (Wildman–Crippen LogP) is 1.74. The van der Waals surface area contributed by atoms with E-state index in [9.17, 15) is 39.6 Å². The van der Waals surface area contributed by atoms with Gasteiger partial charge in [-0.05, 0) is 69.7 Å². The molecule has 0 aromatic heterocycles. The van der Waals surface area contributed by atoms with Gasteiger partial charge in [0.2, 0.25) is 11.7 Å². The highest BCUT2D eigenvalue weighted by Crippen LogP contribution is 2.52. The average molecular weight is 680 g/mol. The van der Waals surface area contributed by atoms with Crippen LogP contribution in [0.15, 0.2) is 34.8 Å². The third-order valence-corrected chi connectivity index (χ3v) is 9.29. The second-order valence-electron chi connectivity index (χ2n) is 12.3. The van der Waals surface area contributed by atoms with Gasteiger partial charge >= 0.3 is 0 Å². The van der Waals surface area contributed by atoms with Crippen LogP contribution in [0.3, 0.4) is 0 Å². The lowest BCUT2D eigenvalue weighted by atomic mass is 9.58. The molecule has 44 heavy (non-hydrogen) atoms. The highest BCUT2D eigenvalue weighted by molar-refractivity contribution is 8.93. The van der Waals surface area contributed by atoms with Gasteiger partial charge in [-0.15, -0.1) is 17.0 Å². The molecule has 240 valence electrons. The number of carbonyl (C=O) groups is 4. The summed E-state index contributed by atoms with van der Waals surface area (Å²) in [6, 6.07) is 1.28. The van der Waals surface area contributed by atoms with Crippen molar-refractivity contribution in [3.8, 4) is 5.75 Å². The van der Waals surface area contributed by atoms with Crippen molar-refractivity contribution in [1.82, 2.24) is 10.4 Å². The zero-order chi connectivity index (χ0) is 31.5. The van der Waals surface area contributed by atoms with Gasteiger partial charge in [-0.2, -0.15) is 5.48 Å². The SMILES string of the molecule is Br.CCC(NOC1CC(C)C1)C(=O)Nc1ccc2c(c1O)C(=O)C1=C(O)[C@]3(O)C(=O)C(C(N)=O)=C(O)[C@@H](N(C)C)C3CC1C2. The molecule has 1 aromatic carbocycles. The number of Topliss-reactive ketones (excluding diaryl/α,β-unsaturated/α-hetero) is 2. The molecule has 0 heterocycles.